The topological polar surface area (TPSA) is 68.3 Å². The van der Waals surface area contributed by atoms with Crippen molar-refractivity contribution >= 4 is 88.8 Å². The molecule has 4 aromatic rings. The zero-order chi connectivity index (χ0) is 25.4. The van der Waals surface area contributed by atoms with E-state index < -0.39 is 0 Å². The van der Waals surface area contributed by atoms with Crippen molar-refractivity contribution in [1.29, 1.82) is 0 Å². The summed E-state index contributed by atoms with van der Waals surface area (Å²) in [4.78, 5) is 49.3. The molecule has 2 aromatic heterocycles. The molecule has 0 bridgehead atoms. The molecule has 0 amide bonds. The van der Waals surface area contributed by atoms with Crippen LogP contribution in [0.15, 0.2) is 91.1 Å². The minimum Gasteiger partial charge on any atom is -0.289 e. The highest BCUT2D eigenvalue weighted by molar-refractivity contribution is 9.14. The number of benzene rings is 2. The summed E-state index contributed by atoms with van der Waals surface area (Å²) >= 11 is 9.23. The Morgan fingerprint density at radius 3 is 1.11 bits per heavy atom. The van der Waals surface area contributed by atoms with Gasteiger partial charge >= 0.3 is 0 Å². The summed E-state index contributed by atoms with van der Waals surface area (Å²) in [6.45, 7) is 0. The van der Waals surface area contributed by atoms with Crippen LogP contribution in [0.25, 0.3) is 11.1 Å². The Morgan fingerprint density at radius 2 is 0.806 bits per heavy atom. The first-order chi connectivity index (χ1) is 17.4. The van der Waals surface area contributed by atoms with Gasteiger partial charge in [0, 0.05) is 33.4 Å². The fourth-order valence-electron chi connectivity index (χ4n) is 4.05. The largest absolute Gasteiger partial charge is 0.289 e. The predicted molar refractivity (Wildman–Crippen MR) is 151 cm³/mol. The first kappa shape index (κ1) is 24.6. The van der Waals surface area contributed by atoms with Crippen LogP contribution in [0, 0.1) is 0 Å². The third-order valence-corrected chi connectivity index (χ3v) is 9.16. The first-order valence-corrected chi connectivity index (χ1v) is 14.1. The average Bonchev–Trinajstić information content (AvgIpc) is 3.63. The molecular weight excluding hydrogens is 624 g/mol. The number of carbonyl (C=O) groups excluding carboxylic acids is 4. The van der Waals surface area contributed by atoms with Gasteiger partial charge in [0.15, 0.2) is 11.6 Å². The Kier molecular flexibility index (Phi) is 6.94. The molecule has 0 saturated carbocycles. The van der Waals surface area contributed by atoms with E-state index in [-0.39, 0.29) is 23.1 Å². The summed E-state index contributed by atoms with van der Waals surface area (Å²) in [7, 11) is 0. The van der Waals surface area contributed by atoms with Gasteiger partial charge in [0.1, 0.15) is 0 Å². The molecule has 6 rings (SSSR count). The fraction of sp³-hybridized carbons (Fsp3) is 0. The SMILES string of the molecule is O=C1C(Br)=C(Br)C(=O)c2ccccc21.O=C1C(c2ccsc2)=C(c2ccsc2)C(=O)c2ccccc21. The smallest absolute Gasteiger partial charge is 0.201 e. The second kappa shape index (κ2) is 10.1. The number of carbonyl (C=O) groups is 4. The summed E-state index contributed by atoms with van der Waals surface area (Å²) < 4.78 is 0.586. The molecule has 4 nitrogen and oxygen atoms in total. The molecule has 0 aliphatic heterocycles. The molecule has 2 aromatic carbocycles. The Bertz CT molecular complexity index is 1490. The highest BCUT2D eigenvalue weighted by Gasteiger charge is 2.33. The standard InChI is InChI=1S/C18H10O2S2.C10H4Br2O2/c19-17-13-3-1-2-4-14(13)18(20)16(12-6-8-22-10-12)15(17)11-5-7-21-9-11;11-7-8(12)10(14)6-4-2-1-3-5(6)9(7)13/h1-10H;1-4H. The number of allylic oxidation sites excluding steroid dienone is 4. The van der Waals surface area contributed by atoms with Gasteiger partial charge in [-0.05, 0) is 76.6 Å². The highest BCUT2D eigenvalue weighted by Crippen LogP contribution is 2.38. The molecule has 0 spiro atoms. The van der Waals surface area contributed by atoms with Crippen molar-refractivity contribution in [2.24, 2.45) is 0 Å². The van der Waals surface area contributed by atoms with Gasteiger partial charge in [0.05, 0.1) is 8.96 Å². The Balaban J connectivity index is 0.000000165. The summed E-state index contributed by atoms with van der Waals surface area (Å²) in [6.07, 6.45) is 0. The predicted octanol–water partition coefficient (Wildman–Crippen LogP) is 7.87. The van der Waals surface area contributed by atoms with E-state index in [2.05, 4.69) is 31.9 Å². The van der Waals surface area contributed by atoms with Crippen LogP contribution in [0.5, 0.6) is 0 Å². The van der Waals surface area contributed by atoms with Gasteiger partial charge in [-0.15, -0.1) is 0 Å². The number of thiophene rings is 2. The van der Waals surface area contributed by atoms with E-state index in [1.807, 2.05) is 33.7 Å². The van der Waals surface area contributed by atoms with E-state index in [4.69, 9.17) is 0 Å². The summed E-state index contributed by atoms with van der Waals surface area (Å²) in [5.41, 5.74) is 4.56. The number of hydrogen-bond acceptors (Lipinski definition) is 6. The molecule has 36 heavy (non-hydrogen) atoms. The van der Waals surface area contributed by atoms with Crippen LogP contribution in [-0.4, -0.2) is 23.1 Å². The lowest BCUT2D eigenvalue weighted by molar-refractivity contribution is 0.0989. The quantitative estimate of drug-likeness (QED) is 0.224. The second-order valence-electron chi connectivity index (χ2n) is 7.81. The Morgan fingerprint density at radius 1 is 0.472 bits per heavy atom. The maximum Gasteiger partial charge on any atom is 0.201 e. The van der Waals surface area contributed by atoms with E-state index in [0.29, 0.717) is 42.4 Å². The van der Waals surface area contributed by atoms with Crippen LogP contribution in [0.3, 0.4) is 0 Å². The number of hydrogen-bond donors (Lipinski definition) is 0. The Hall–Kier alpha value is -3.04. The van der Waals surface area contributed by atoms with Gasteiger partial charge in [-0.3, -0.25) is 19.2 Å². The van der Waals surface area contributed by atoms with Gasteiger partial charge in [0.25, 0.3) is 0 Å². The number of halogens is 2. The zero-order valence-electron chi connectivity index (χ0n) is 18.3. The molecule has 2 aliphatic rings. The molecular formula is C28H14Br2O4S2. The molecule has 2 heterocycles. The van der Waals surface area contributed by atoms with Crippen LogP contribution in [0.1, 0.15) is 52.6 Å². The molecule has 0 unspecified atom stereocenters. The van der Waals surface area contributed by atoms with Gasteiger partial charge in [-0.25, -0.2) is 0 Å². The lowest BCUT2D eigenvalue weighted by Gasteiger charge is -2.20. The first-order valence-electron chi connectivity index (χ1n) is 10.6. The van der Waals surface area contributed by atoms with Crippen LogP contribution < -0.4 is 0 Å². The third kappa shape index (κ3) is 4.24. The van der Waals surface area contributed by atoms with Crippen LogP contribution in [0.4, 0.5) is 0 Å². The molecule has 176 valence electrons. The van der Waals surface area contributed by atoms with Crippen molar-refractivity contribution < 1.29 is 19.2 Å². The van der Waals surface area contributed by atoms with Crippen molar-refractivity contribution in [3.8, 4) is 0 Å². The lowest BCUT2D eigenvalue weighted by atomic mass is 9.80. The minimum atomic E-state index is -0.160. The summed E-state index contributed by atoms with van der Waals surface area (Å²) in [5.74, 6) is -0.469. The van der Waals surface area contributed by atoms with Gasteiger partial charge in [0.2, 0.25) is 11.6 Å². The van der Waals surface area contributed by atoms with Crippen molar-refractivity contribution in [3.63, 3.8) is 0 Å². The maximum atomic E-state index is 13.0. The molecule has 0 N–H and O–H groups in total. The monoisotopic (exact) mass is 636 g/mol. The molecule has 0 radical (unpaired) electrons. The molecule has 0 saturated heterocycles. The summed E-state index contributed by atoms with van der Waals surface area (Å²) in [6, 6.07) is 17.6. The van der Waals surface area contributed by atoms with E-state index in [9.17, 15) is 19.2 Å². The van der Waals surface area contributed by atoms with Crippen molar-refractivity contribution in [1.82, 2.24) is 0 Å². The number of rotatable bonds is 2. The molecule has 0 fully saturated rings. The number of Topliss-reactive ketones (excluding diaryl/α,β-unsaturated/α-hetero) is 4. The number of ketones is 4. The zero-order valence-corrected chi connectivity index (χ0v) is 23.1. The fourth-order valence-corrected chi connectivity index (χ4v) is 6.14. The molecule has 2 aliphatic carbocycles. The van der Waals surface area contributed by atoms with Crippen LogP contribution >= 0.6 is 54.5 Å². The molecule has 8 heteroatoms. The van der Waals surface area contributed by atoms with Gasteiger partial charge in [-0.2, -0.15) is 22.7 Å². The lowest BCUT2D eigenvalue weighted by Crippen LogP contribution is -2.20. The second-order valence-corrected chi connectivity index (χ2v) is 11.0. The van der Waals surface area contributed by atoms with Crippen molar-refractivity contribution in [2.45, 2.75) is 0 Å². The van der Waals surface area contributed by atoms with Gasteiger partial charge in [-0.1, -0.05) is 48.5 Å². The van der Waals surface area contributed by atoms with Crippen LogP contribution in [-0.2, 0) is 0 Å². The van der Waals surface area contributed by atoms with Crippen LogP contribution in [0.2, 0.25) is 0 Å². The van der Waals surface area contributed by atoms with Crippen molar-refractivity contribution in [2.75, 3.05) is 0 Å². The van der Waals surface area contributed by atoms with Gasteiger partial charge < -0.3 is 0 Å². The molecule has 0 atom stereocenters. The van der Waals surface area contributed by atoms with E-state index >= 15 is 0 Å². The summed E-state index contributed by atoms with van der Waals surface area (Å²) in [5, 5.41) is 7.68. The normalized spacial score (nSPS) is 14.9. The highest BCUT2D eigenvalue weighted by atomic mass is 79.9. The van der Waals surface area contributed by atoms with E-state index in [1.54, 1.807) is 48.5 Å². The van der Waals surface area contributed by atoms with E-state index in [0.717, 1.165) is 11.1 Å². The average molecular weight is 638 g/mol. The third-order valence-electron chi connectivity index (χ3n) is 5.75. The van der Waals surface area contributed by atoms with E-state index in [1.165, 1.54) is 22.7 Å². The van der Waals surface area contributed by atoms with Crippen molar-refractivity contribution in [3.05, 3.63) is 125 Å². The minimum absolute atomic E-state index is 0.0743. The maximum absolute atomic E-state index is 13.0. The Labute approximate surface area is 231 Å². The number of fused-ring (bicyclic) bond motifs is 2.